The molecule has 0 atom stereocenters. The van der Waals surface area contributed by atoms with Crippen LogP contribution in [0.2, 0.25) is 0 Å². The Labute approximate surface area is 87.4 Å². The molecule has 0 bridgehead atoms. The van der Waals surface area contributed by atoms with Crippen LogP contribution in [0.15, 0.2) is 29.3 Å². The van der Waals surface area contributed by atoms with Gasteiger partial charge in [0.05, 0.1) is 6.20 Å². The van der Waals surface area contributed by atoms with Gasteiger partial charge in [-0.05, 0) is 12.1 Å². The second-order valence-corrected chi connectivity index (χ2v) is 1.46. The molecule has 1 aromatic heterocycles. The van der Waals surface area contributed by atoms with Crippen molar-refractivity contribution in [1.82, 2.24) is 5.10 Å². The zero-order valence-corrected chi connectivity index (χ0v) is 8.19. The van der Waals surface area contributed by atoms with E-state index in [0.29, 0.717) is 0 Å². The first-order chi connectivity index (χ1) is 4.29. The van der Waals surface area contributed by atoms with Gasteiger partial charge in [-0.2, -0.15) is 0 Å². The van der Waals surface area contributed by atoms with Gasteiger partial charge in [0.2, 0.25) is 5.43 Å². The predicted octanol–water partition coefficient (Wildman–Crippen LogP) is 0.341. The van der Waals surface area contributed by atoms with Gasteiger partial charge in [-0.15, -0.1) is 37.2 Å². The average molecular weight is 233 g/mol. The fourth-order valence-corrected chi connectivity index (χ4v) is 0.427. The molecule has 0 spiro atoms. The molecule has 0 fully saturated rings. The van der Waals surface area contributed by atoms with Gasteiger partial charge >= 0.3 is 0 Å². The summed E-state index contributed by atoms with van der Waals surface area (Å²) < 4.78 is 0. The van der Waals surface area contributed by atoms with Crippen LogP contribution in [0.3, 0.4) is 0 Å². The number of hydrogen-bond acceptors (Lipinski definition) is 3. The zero-order valence-electron chi connectivity index (χ0n) is 5.75. The summed E-state index contributed by atoms with van der Waals surface area (Å²) in [5, 5.41) is 13.6. The topological polar surface area (TPSA) is 56.9 Å². The molecule has 0 N–H and O–H groups in total. The van der Waals surface area contributed by atoms with Crippen molar-refractivity contribution in [1.29, 1.82) is 0 Å². The molecule has 1 rings (SSSR count). The van der Waals surface area contributed by atoms with Crippen molar-refractivity contribution < 1.29 is 4.85 Å². The summed E-state index contributed by atoms with van der Waals surface area (Å²) in [6, 6.07) is 2.68. The van der Waals surface area contributed by atoms with Gasteiger partial charge in [-0.25, -0.2) is 0 Å². The van der Waals surface area contributed by atoms with Crippen molar-refractivity contribution >= 4 is 37.2 Å². The standard InChI is InChI=1S/C5H4N2O2.3ClH/c8-5-2-1-3-6-7(9)4-5;;;/h1-4H;3*1H. The summed E-state index contributed by atoms with van der Waals surface area (Å²) in [5.74, 6) is 0. The molecule has 0 aromatic carbocycles. The fourth-order valence-electron chi connectivity index (χ4n) is 0.427. The first-order valence-corrected chi connectivity index (χ1v) is 2.35. The van der Waals surface area contributed by atoms with E-state index in [1.165, 1.54) is 18.3 Å². The second-order valence-electron chi connectivity index (χ2n) is 1.46. The van der Waals surface area contributed by atoms with Crippen molar-refractivity contribution in [2.24, 2.45) is 0 Å². The summed E-state index contributed by atoms with van der Waals surface area (Å²) >= 11 is 0. The molecule has 0 aliphatic carbocycles. The monoisotopic (exact) mass is 232 g/mol. The highest BCUT2D eigenvalue weighted by Gasteiger charge is 1.84. The number of nitrogens with zero attached hydrogens (tertiary/aromatic N) is 2. The van der Waals surface area contributed by atoms with Crippen LogP contribution < -0.4 is 10.3 Å². The molecule has 0 aliphatic heterocycles. The average Bonchev–Trinajstić information content (AvgIpc) is 1.93. The maximum atomic E-state index is 10.4. The van der Waals surface area contributed by atoms with Crippen molar-refractivity contribution in [3.05, 3.63) is 40.0 Å². The summed E-state index contributed by atoms with van der Waals surface area (Å²) in [6.07, 6.45) is 2.12. The van der Waals surface area contributed by atoms with Crippen LogP contribution in [0.25, 0.3) is 0 Å². The van der Waals surface area contributed by atoms with E-state index in [1.807, 2.05) is 0 Å². The van der Waals surface area contributed by atoms with Crippen molar-refractivity contribution in [2.45, 2.75) is 0 Å². The van der Waals surface area contributed by atoms with Gasteiger partial charge in [0.1, 0.15) is 0 Å². The second kappa shape index (κ2) is 8.52. The molecule has 0 saturated carbocycles. The maximum Gasteiger partial charge on any atom is 0.256 e. The van der Waals surface area contributed by atoms with E-state index >= 15 is 0 Å². The lowest BCUT2D eigenvalue weighted by Crippen LogP contribution is -2.30. The van der Waals surface area contributed by atoms with Crippen LogP contribution >= 0.6 is 37.2 Å². The summed E-state index contributed by atoms with van der Waals surface area (Å²) in [4.78, 5) is 10.7. The molecule has 0 unspecified atom stereocenters. The largest absolute Gasteiger partial charge is 0.594 e. The Balaban J connectivity index is -0.000000270. The summed E-state index contributed by atoms with van der Waals surface area (Å²) in [5.41, 5.74) is -0.345. The molecule has 12 heavy (non-hydrogen) atoms. The van der Waals surface area contributed by atoms with Gasteiger partial charge in [-0.3, -0.25) is 4.79 Å². The Morgan fingerprint density at radius 3 is 2.50 bits per heavy atom. The van der Waals surface area contributed by atoms with Crippen molar-refractivity contribution in [3.8, 4) is 0 Å². The molecule has 0 aliphatic rings. The minimum Gasteiger partial charge on any atom is -0.594 e. The zero-order chi connectivity index (χ0) is 6.69. The molecular formula is C5H7Cl3N2O2. The highest BCUT2D eigenvalue weighted by Crippen LogP contribution is 1.61. The Kier molecular flexibility index (Phi) is 12.4. The van der Waals surface area contributed by atoms with Crippen LogP contribution in [0.1, 0.15) is 0 Å². The van der Waals surface area contributed by atoms with Gasteiger partial charge in [-0.1, -0.05) is 4.85 Å². The number of aromatic nitrogens is 2. The molecule has 0 radical (unpaired) electrons. The molecule has 7 heteroatoms. The van der Waals surface area contributed by atoms with Gasteiger partial charge in [0, 0.05) is 5.10 Å². The van der Waals surface area contributed by atoms with E-state index in [-0.39, 0.29) is 47.5 Å². The van der Waals surface area contributed by atoms with Crippen LogP contribution in [-0.2, 0) is 0 Å². The third kappa shape index (κ3) is 6.15. The Morgan fingerprint density at radius 2 is 1.92 bits per heavy atom. The first kappa shape index (κ1) is 17.5. The van der Waals surface area contributed by atoms with Crippen LogP contribution in [0, 0.1) is 5.21 Å². The summed E-state index contributed by atoms with van der Waals surface area (Å²) in [6.45, 7) is 0. The highest BCUT2D eigenvalue weighted by molar-refractivity contribution is 5.86. The van der Waals surface area contributed by atoms with E-state index in [2.05, 4.69) is 5.10 Å². The Hall–Kier alpha value is -0.580. The van der Waals surface area contributed by atoms with Crippen molar-refractivity contribution in [2.75, 3.05) is 0 Å². The highest BCUT2D eigenvalue weighted by atomic mass is 35.5. The Morgan fingerprint density at radius 1 is 1.33 bits per heavy atom. The lowest BCUT2D eigenvalue weighted by Gasteiger charge is -1.79. The third-order valence-corrected chi connectivity index (χ3v) is 0.765. The van der Waals surface area contributed by atoms with Gasteiger partial charge in [0.15, 0.2) is 0 Å². The van der Waals surface area contributed by atoms with Gasteiger partial charge in [0.25, 0.3) is 6.20 Å². The molecule has 0 amide bonds. The van der Waals surface area contributed by atoms with Gasteiger partial charge < -0.3 is 5.21 Å². The molecule has 4 nitrogen and oxygen atoms in total. The van der Waals surface area contributed by atoms with E-state index in [9.17, 15) is 10.0 Å². The predicted molar refractivity (Wildman–Crippen MR) is 51.2 cm³/mol. The molecule has 1 heterocycles. The molecule has 70 valence electrons. The van der Waals surface area contributed by atoms with E-state index in [4.69, 9.17) is 0 Å². The SMILES string of the molecule is Cl.Cl.Cl.O=c1cccn[n+]([O-])c1. The lowest BCUT2D eigenvalue weighted by molar-refractivity contribution is -0.668. The number of rotatable bonds is 0. The fraction of sp³-hybridized carbons (Fsp3) is 0. The van der Waals surface area contributed by atoms with E-state index < -0.39 is 0 Å². The van der Waals surface area contributed by atoms with E-state index in [1.54, 1.807) is 0 Å². The van der Waals surface area contributed by atoms with Crippen LogP contribution in [0.4, 0.5) is 0 Å². The maximum absolute atomic E-state index is 10.4. The quantitative estimate of drug-likeness (QED) is 0.480. The number of hydrogen-bond donors (Lipinski definition) is 0. The minimum absolute atomic E-state index is 0. The van der Waals surface area contributed by atoms with Crippen LogP contribution in [0.5, 0.6) is 0 Å². The normalized spacial score (nSPS) is 6.67. The lowest BCUT2D eigenvalue weighted by atomic mass is 10.5. The molecule has 0 saturated heterocycles. The number of halogens is 3. The smallest absolute Gasteiger partial charge is 0.256 e. The molecular weight excluding hydrogens is 226 g/mol. The minimum atomic E-state index is -0.345. The third-order valence-electron chi connectivity index (χ3n) is 0.765. The Bertz CT molecular complexity index is 271. The first-order valence-electron chi connectivity index (χ1n) is 2.35. The van der Waals surface area contributed by atoms with Crippen LogP contribution in [-0.4, -0.2) is 5.10 Å². The molecule has 1 aromatic rings. The summed E-state index contributed by atoms with van der Waals surface area (Å²) in [7, 11) is 0. The van der Waals surface area contributed by atoms with E-state index in [0.717, 1.165) is 6.20 Å². The van der Waals surface area contributed by atoms with Crippen molar-refractivity contribution in [3.63, 3.8) is 0 Å².